The molecule has 0 aliphatic carbocycles. The fourth-order valence-electron chi connectivity index (χ4n) is 1.91. The number of anilines is 1. The van der Waals surface area contributed by atoms with Crippen molar-refractivity contribution in [3.8, 4) is 0 Å². The minimum atomic E-state index is -3.85. The zero-order valence-corrected chi connectivity index (χ0v) is 13.7. The lowest BCUT2D eigenvalue weighted by atomic mass is 10.1. The first-order chi connectivity index (χ1) is 9.70. The van der Waals surface area contributed by atoms with Crippen LogP contribution in [0.15, 0.2) is 17.0 Å². The zero-order chi connectivity index (χ0) is 16.2. The number of carbonyl (C=O) groups is 1. The summed E-state index contributed by atoms with van der Waals surface area (Å²) in [4.78, 5) is 11.8. The summed E-state index contributed by atoms with van der Waals surface area (Å²) in [5.41, 5.74) is 7.37. The van der Waals surface area contributed by atoms with Crippen molar-refractivity contribution in [3.63, 3.8) is 0 Å². The third-order valence-corrected chi connectivity index (χ3v) is 4.99. The maximum absolute atomic E-state index is 12.4. The lowest BCUT2D eigenvalue weighted by Crippen LogP contribution is -2.45. The molecule has 1 aromatic carbocycles. The molecule has 0 fully saturated rings. The van der Waals surface area contributed by atoms with Crippen LogP contribution in [0.3, 0.4) is 0 Å². The Morgan fingerprint density at radius 2 is 1.95 bits per heavy atom. The number of aryl methyl sites for hydroxylation is 1. The number of rotatable bonds is 6. The number of sulfonamides is 1. The largest absolute Gasteiger partial charge is 0.398 e. The van der Waals surface area contributed by atoms with Gasteiger partial charge in [0.25, 0.3) is 0 Å². The predicted octanol–water partition coefficient (Wildman–Crippen LogP) is 1.08. The normalized spacial score (nSPS) is 13.0. The van der Waals surface area contributed by atoms with Crippen LogP contribution in [0, 0.1) is 13.8 Å². The number of carbonyl (C=O) groups excluding carboxylic acids is 1. The number of nitrogen functional groups attached to an aromatic ring is 1. The van der Waals surface area contributed by atoms with E-state index in [1.54, 1.807) is 19.1 Å². The topological polar surface area (TPSA) is 101 Å². The molecule has 1 unspecified atom stereocenters. The third kappa shape index (κ3) is 4.18. The van der Waals surface area contributed by atoms with Crippen LogP contribution in [0.5, 0.6) is 0 Å². The van der Waals surface area contributed by atoms with E-state index in [9.17, 15) is 13.2 Å². The first kappa shape index (κ1) is 17.5. The summed E-state index contributed by atoms with van der Waals surface area (Å²) in [7, 11) is -3.85. The molecule has 1 atom stereocenters. The Labute approximate surface area is 126 Å². The van der Waals surface area contributed by atoms with Crippen molar-refractivity contribution in [2.24, 2.45) is 0 Å². The Hall–Kier alpha value is -1.60. The minimum absolute atomic E-state index is 0.0395. The molecule has 118 valence electrons. The Morgan fingerprint density at radius 3 is 2.52 bits per heavy atom. The molecule has 21 heavy (non-hydrogen) atoms. The van der Waals surface area contributed by atoms with Gasteiger partial charge in [0.2, 0.25) is 15.9 Å². The standard InChI is InChI=1S/C14H23N3O3S/c1-5-8-16-14(18)11(4)17-21(19,20)13-10(3)9(2)6-7-12(13)15/h6-7,11,17H,5,8,15H2,1-4H3,(H,16,18). The number of nitrogens with two attached hydrogens (primary N) is 1. The third-order valence-electron chi connectivity index (χ3n) is 3.25. The van der Waals surface area contributed by atoms with Crippen molar-refractivity contribution in [1.82, 2.24) is 10.0 Å². The van der Waals surface area contributed by atoms with Gasteiger partial charge < -0.3 is 11.1 Å². The predicted molar refractivity (Wildman–Crippen MR) is 83.4 cm³/mol. The molecule has 1 amide bonds. The highest BCUT2D eigenvalue weighted by atomic mass is 32.2. The van der Waals surface area contributed by atoms with Gasteiger partial charge >= 0.3 is 0 Å². The van der Waals surface area contributed by atoms with Gasteiger partial charge in [-0.1, -0.05) is 13.0 Å². The number of hydrogen-bond acceptors (Lipinski definition) is 4. The van der Waals surface area contributed by atoms with Crippen molar-refractivity contribution < 1.29 is 13.2 Å². The van der Waals surface area contributed by atoms with Gasteiger partial charge in [0, 0.05) is 6.54 Å². The van der Waals surface area contributed by atoms with Gasteiger partial charge in [-0.05, 0) is 44.4 Å². The van der Waals surface area contributed by atoms with Crippen LogP contribution in [0.1, 0.15) is 31.4 Å². The van der Waals surface area contributed by atoms with Gasteiger partial charge in [0.1, 0.15) is 4.90 Å². The van der Waals surface area contributed by atoms with Crippen molar-refractivity contribution >= 4 is 21.6 Å². The van der Waals surface area contributed by atoms with Crippen LogP contribution in [0.4, 0.5) is 5.69 Å². The SMILES string of the molecule is CCCNC(=O)C(C)NS(=O)(=O)c1c(N)ccc(C)c1C. The molecule has 0 aliphatic rings. The van der Waals surface area contributed by atoms with Gasteiger partial charge in [-0.2, -0.15) is 4.72 Å². The van der Waals surface area contributed by atoms with E-state index >= 15 is 0 Å². The molecule has 0 saturated heterocycles. The van der Waals surface area contributed by atoms with Crippen LogP contribution in [-0.4, -0.2) is 26.9 Å². The fourth-order valence-corrected chi connectivity index (χ4v) is 3.55. The van der Waals surface area contributed by atoms with Crippen LogP contribution < -0.4 is 15.8 Å². The molecule has 0 aliphatic heterocycles. The molecule has 1 aromatic rings. The molecular formula is C14H23N3O3S. The average molecular weight is 313 g/mol. The Balaban J connectivity index is 3.03. The van der Waals surface area contributed by atoms with E-state index in [0.717, 1.165) is 12.0 Å². The van der Waals surface area contributed by atoms with E-state index < -0.39 is 16.1 Å². The lowest BCUT2D eigenvalue weighted by molar-refractivity contribution is -0.122. The van der Waals surface area contributed by atoms with Crippen molar-refractivity contribution in [2.45, 2.75) is 45.1 Å². The second kappa shape index (κ2) is 6.91. The van der Waals surface area contributed by atoms with Gasteiger partial charge in [-0.25, -0.2) is 8.42 Å². The monoisotopic (exact) mass is 313 g/mol. The summed E-state index contributed by atoms with van der Waals surface area (Å²) in [6, 6.07) is 2.46. The van der Waals surface area contributed by atoms with E-state index in [1.807, 2.05) is 13.8 Å². The number of nitrogens with one attached hydrogen (secondary N) is 2. The molecule has 0 aromatic heterocycles. The van der Waals surface area contributed by atoms with Gasteiger partial charge in [0.15, 0.2) is 0 Å². The van der Waals surface area contributed by atoms with Crippen molar-refractivity contribution in [1.29, 1.82) is 0 Å². The van der Waals surface area contributed by atoms with Gasteiger partial charge in [-0.3, -0.25) is 4.79 Å². The average Bonchev–Trinajstić information content (AvgIpc) is 2.39. The quantitative estimate of drug-likeness (QED) is 0.684. The molecule has 1 rings (SSSR count). The summed E-state index contributed by atoms with van der Waals surface area (Å²) in [6.07, 6.45) is 0.787. The highest BCUT2D eigenvalue weighted by Crippen LogP contribution is 2.25. The number of hydrogen-bond donors (Lipinski definition) is 3. The van der Waals surface area contributed by atoms with Gasteiger partial charge in [-0.15, -0.1) is 0 Å². The maximum atomic E-state index is 12.4. The van der Waals surface area contributed by atoms with Crippen molar-refractivity contribution in [3.05, 3.63) is 23.3 Å². The summed E-state index contributed by atoms with van der Waals surface area (Å²) < 4.78 is 27.3. The smallest absolute Gasteiger partial charge is 0.243 e. The Kier molecular flexibility index (Phi) is 5.74. The molecule has 0 bridgehead atoms. The summed E-state index contributed by atoms with van der Waals surface area (Å²) in [5.74, 6) is -0.357. The molecule has 0 saturated carbocycles. The molecule has 4 N–H and O–H groups in total. The number of benzene rings is 1. The van der Waals surface area contributed by atoms with Crippen LogP contribution in [0.25, 0.3) is 0 Å². The van der Waals surface area contributed by atoms with E-state index in [1.165, 1.54) is 6.92 Å². The first-order valence-electron chi connectivity index (χ1n) is 6.86. The van der Waals surface area contributed by atoms with Crippen LogP contribution in [-0.2, 0) is 14.8 Å². The van der Waals surface area contributed by atoms with E-state index in [2.05, 4.69) is 10.0 Å². The highest BCUT2D eigenvalue weighted by Gasteiger charge is 2.25. The molecule has 0 spiro atoms. The second-order valence-corrected chi connectivity index (χ2v) is 6.71. The number of amides is 1. The Morgan fingerprint density at radius 1 is 1.33 bits per heavy atom. The first-order valence-corrected chi connectivity index (χ1v) is 8.34. The molecule has 7 heteroatoms. The van der Waals surface area contributed by atoms with E-state index in [4.69, 9.17) is 5.73 Å². The summed E-state index contributed by atoms with van der Waals surface area (Å²) in [5, 5.41) is 2.65. The van der Waals surface area contributed by atoms with E-state index in [0.29, 0.717) is 12.1 Å². The molecule has 0 heterocycles. The van der Waals surface area contributed by atoms with Crippen LogP contribution in [0.2, 0.25) is 0 Å². The lowest BCUT2D eigenvalue weighted by Gasteiger charge is -2.17. The zero-order valence-electron chi connectivity index (χ0n) is 12.9. The molecule has 6 nitrogen and oxygen atoms in total. The summed E-state index contributed by atoms with van der Waals surface area (Å²) >= 11 is 0. The van der Waals surface area contributed by atoms with Crippen LogP contribution >= 0.6 is 0 Å². The van der Waals surface area contributed by atoms with Crippen molar-refractivity contribution in [2.75, 3.05) is 12.3 Å². The molecular weight excluding hydrogens is 290 g/mol. The minimum Gasteiger partial charge on any atom is -0.398 e. The highest BCUT2D eigenvalue weighted by molar-refractivity contribution is 7.89. The second-order valence-electron chi connectivity index (χ2n) is 5.06. The van der Waals surface area contributed by atoms with Gasteiger partial charge in [0.05, 0.1) is 11.7 Å². The van der Waals surface area contributed by atoms with E-state index in [-0.39, 0.29) is 16.5 Å². The maximum Gasteiger partial charge on any atom is 0.243 e. The fraction of sp³-hybridized carbons (Fsp3) is 0.500. The molecule has 0 radical (unpaired) electrons. The Bertz CT molecular complexity index is 627. The summed E-state index contributed by atoms with van der Waals surface area (Å²) in [6.45, 7) is 7.44.